The van der Waals surface area contributed by atoms with Crippen molar-refractivity contribution in [1.82, 2.24) is 0 Å². The molecule has 19 heavy (non-hydrogen) atoms. The van der Waals surface area contributed by atoms with E-state index in [0.717, 1.165) is 18.7 Å². The van der Waals surface area contributed by atoms with Gasteiger partial charge in [-0.05, 0) is 50.0 Å². The highest BCUT2D eigenvalue weighted by molar-refractivity contribution is 5.87. The monoisotopic (exact) mass is 259 g/mol. The smallest absolute Gasteiger partial charge is 0.330 e. The number of esters is 1. The lowest BCUT2D eigenvalue weighted by Crippen LogP contribution is -2.29. The zero-order valence-corrected chi connectivity index (χ0v) is 11.5. The van der Waals surface area contributed by atoms with E-state index in [2.05, 4.69) is 17.0 Å². The lowest BCUT2D eigenvalue weighted by molar-refractivity contribution is -0.137. The molecule has 0 radical (unpaired) electrons. The van der Waals surface area contributed by atoms with Crippen molar-refractivity contribution in [1.29, 1.82) is 0 Å². The fraction of sp³-hybridized carbons (Fsp3) is 0.438. The van der Waals surface area contributed by atoms with Gasteiger partial charge in [-0.3, -0.25) is 0 Å². The van der Waals surface area contributed by atoms with E-state index in [1.54, 1.807) is 13.0 Å². The number of benzene rings is 1. The Bertz CT molecular complexity index is 431. The van der Waals surface area contributed by atoms with Gasteiger partial charge in [-0.15, -0.1) is 0 Å². The molecule has 3 heteroatoms. The minimum Gasteiger partial charge on any atom is -0.463 e. The van der Waals surface area contributed by atoms with Crippen LogP contribution in [0.2, 0.25) is 0 Å². The van der Waals surface area contributed by atoms with Crippen molar-refractivity contribution in [2.45, 2.75) is 26.2 Å². The van der Waals surface area contributed by atoms with E-state index in [4.69, 9.17) is 4.74 Å². The number of carbonyl (C=O) groups is 1. The second-order valence-electron chi connectivity index (χ2n) is 4.72. The number of hydrogen-bond acceptors (Lipinski definition) is 3. The SMILES string of the molecule is CCOC(=O)C=Cc1ccc(N2CCCCC2)cc1. The van der Waals surface area contributed by atoms with Gasteiger partial charge >= 0.3 is 5.97 Å². The van der Waals surface area contributed by atoms with Crippen molar-refractivity contribution in [3.63, 3.8) is 0 Å². The van der Waals surface area contributed by atoms with Gasteiger partial charge in [-0.25, -0.2) is 4.79 Å². The van der Waals surface area contributed by atoms with Crippen molar-refractivity contribution < 1.29 is 9.53 Å². The lowest BCUT2D eigenvalue weighted by atomic mass is 10.1. The van der Waals surface area contributed by atoms with E-state index in [-0.39, 0.29) is 5.97 Å². The minimum atomic E-state index is -0.289. The number of rotatable bonds is 4. The predicted molar refractivity (Wildman–Crippen MR) is 78.2 cm³/mol. The van der Waals surface area contributed by atoms with Gasteiger partial charge in [0, 0.05) is 24.9 Å². The maximum Gasteiger partial charge on any atom is 0.330 e. The molecule has 1 aliphatic rings. The van der Waals surface area contributed by atoms with Gasteiger partial charge in [0.25, 0.3) is 0 Å². The fourth-order valence-corrected chi connectivity index (χ4v) is 2.30. The molecule has 1 saturated heterocycles. The van der Waals surface area contributed by atoms with Gasteiger partial charge < -0.3 is 9.64 Å². The van der Waals surface area contributed by atoms with Gasteiger partial charge in [-0.1, -0.05) is 12.1 Å². The summed E-state index contributed by atoms with van der Waals surface area (Å²) < 4.78 is 4.85. The molecule has 0 saturated carbocycles. The Morgan fingerprint density at radius 1 is 1.21 bits per heavy atom. The van der Waals surface area contributed by atoms with Crippen LogP contribution >= 0.6 is 0 Å². The average molecular weight is 259 g/mol. The normalized spacial score (nSPS) is 15.7. The third kappa shape index (κ3) is 4.12. The third-order valence-corrected chi connectivity index (χ3v) is 3.31. The minimum absolute atomic E-state index is 0.289. The van der Waals surface area contributed by atoms with E-state index in [1.165, 1.54) is 31.0 Å². The topological polar surface area (TPSA) is 29.5 Å². The highest BCUT2D eigenvalue weighted by atomic mass is 16.5. The Morgan fingerprint density at radius 2 is 1.89 bits per heavy atom. The predicted octanol–water partition coefficient (Wildman–Crippen LogP) is 3.25. The summed E-state index contributed by atoms with van der Waals surface area (Å²) >= 11 is 0. The van der Waals surface area contributed by atoms with E-state index < -0.39 is 0 Å². The third-order valence-electron chi connectivity index (χ3n) is 3.31. The summed E-state index contributed by atoms with van der Waals surface area (Å²) in [5.74, 6) is -0.289. The molecule has 1 aromatic rings. The first-order valence-corrected chi connectivity index (χ1v) is 6.99. The summed E-state index contributed by atoms with van der Waals surface area (Å²) in [7, 11) is 0. The second kappa shape index (κ2) is 6.98. The number of ether oxygens (including phenoxy) is 1. The molecule has 0 aromatic heterocycles. The van der Waals surface area contributed by atoms with Crippen LogP contribution in [0.25, 0.3) is 6.08 Å². The molecule has 1 aromatic carbocycles. The van der Waals surface area contributed by atoms with Crippen LogP contribution in [-0.2, 0) is 9.53 Å². The standard InChI is InChI=1S/C16H21NO2/c1-2-19-16(18)11-8-14-6-9-15(10-7-14)17-12-4-3-5-13-17/h6-11H,2-5,12-13H2,1H3. The second-order valence-corrected chi connectivity index (χ2v) is 4.72. The van der Waals surface area contributed by atoms with Crippen LogP contribution in [0.15, 0.2) is 30.3 Å². The molecular formula is C16H21NO2. The van der Waals surface area contributed by atoms with Crippen LogP contribution in [0.1, 0.15) is 31.7 Å². The molecule has 0 unspecified atom stereocenters. The van der Waals surface area contributed by atoms with Crippen LogP contribution in [-0.4, -0.2) is 25.7 Å². The first kappa shape index (κ1) is 13.7. The van der Waals surface area contributed by atoms with Crippen molar-refractivity contribution in [3.8, 4) is 0 Å². The number of carbonyl (C=O) groups excluding carboxylic acids is 1. The van der Waals surface area contributed by atoms with Crippen molar-refractivity contribution in [2.24, 2.45) is 0 Å². The van der Waals surface area contributed by atoms with Crippen molar-refractivity contribution in [2.75, 3.05) is 24.6 Å². The zero-order chi connectivity index (χ0) is 13.5. The number of nitrogens with zero attached hydrogens (tertiary/aromatic N) is 1. The van der Waals surface area contributed by atoms with Crippen LogP contribution < -0.4 is 4.90 Å². The highest BCUT2D eigenvalue weighted by Crippen LogP contribution is 2.20. The maximum absolute atomic E-state index is 11.2. The molecule has 0 spiro atoms. The number of piperidine rings is 1. The molecule has 0 aliphatic carbocycles. The largest absolute Gasteiger partial charge is 0.463 e. The van der Waals surface area contributed by atoms with Crippen LogP contribution in [0.4, 0.5) is 5.69 Å². The van der Waals surface area contributed by atoms with Gasteiger partial charge in [0.1, 0.15) is 0 Å². The first-order valence-electron chi connectivity index (χ1n) is 6.99. The molecule has 0 N–H and O–H groups in total. The molecule has 0 atom stereocenters. The molecule has 3 nitrogen and oxygen atoms in total. The quantitative estimate of drug-likeness (QED) is 0.614. The Kier molecular flexibility index (Phi) is 5.01. The molecule has 0 bridgehead atoms. The van der Waals surface area contributed by atoms with Gasteiger partial charge in [-0.2, -0.15) is 0 Å². The Hall–Kier alpha value is -1.77. The summed E-state index contributed by atoms with van der Waals surface area (Å²) in [4.78, 5) is 13.6. The molecule has 1 heterocycles. The van der Waals surface area contributed by atoms with Crippen molar-refractivity contribution >= 4 is 17.7 Å². The first-order chi connectivity index (χ1) is 9.29. The van der Waals surface area contributed by atoms with Crippen LogP contribution in [0, 0.1) is 0 Å². The number of hydrogen-bond donors (Lipinski definition) is 0. The molecular weight excluding hydrogens is 238 g/mol. The molecule has 1 fully saturated rings. The summed E-state index contributed by atoms with van der Waals surface area (Å²) in [5.41, 5.74) is 2.29. The van der Waals surface area contributed by atoms with E-state index >= 15 is 0 Å². The van der Waals surface area contributed by atoms with Gasteiger partial charge in [0.05, 0.1) is 6.61 Å². The summed E-state index contributed by atoms with van der Waals surface area (Å²) in [6.07, 6.45) is 7.17. The molecule has 0 amide bonds. The number of anilines is 1. The van der Waals surface area contributed by atoms with E-state index in [1.807, 2.05) is 12.1 Å². The van der Waals surface area contributed by atoms with Crippen molar-refractivity contribution in [3.05, 3.63) is 35.9 Å². The summed E-state index contributed by atoms with van der Waals surface area (Å²) in [5, 5.41) is 0. The fourth-order valence-electron chi connectivity index (χ4n) is 2.30. The Balaban J connectivity index is 1.96. The molecule has 1 aliphatic heterocycles. The highest BCUT2D eigenvalue weighted by Gasteiger charge is 2.10. The maximum atomic E-state index is 11.2. The lowest BCUT2D eigenvalue weighted by Gasteiger charge is -2.28. The van der Waals surface area contributed by atoms with Gasteiger partial charge in [0.2, 0.25) is 0 Å². The molecule has 2 rings (SSSR count). The van der Waals surface area contributed by atoms with E-state index in [9.17, 15) is 4.79 Å². The molecule has 102 valence electrons. The van der Waals surface area contributed by atoms with Crippen LogP contribution in [0.5, 0.6) is 0 Å². The summed E-state index contributed by atoms with van der Waals surface area (Å²) in [6.45, 7) is 4.52. The van der Waals surface area contributed by atoms with Crippen LogP contribution in [0.3, 0.4) is 0 Å². The zero-order valence-electron chi connectivity index (χ0n) is 11.5. The Labute approximate surface area is 114 Å². The Morgan fingerprint density at radius 3 is 2.53 bits per heavy atom. The van der Waals surface area contributed by atoms with E-state index in [0.29, 0.717) is 6.61 Å². The summed E-state index contributed by atoms with van der Waals surface area (Å²) in [6, 6.07) is 8.33. The average Bonchev–Trinajstić information content (AvgIpc) is 2.47. The van der Waals surface area contributed by atoms with Gasteiger partial charge in [0.15, 0.2) is 0 Å².